The van der Waals surface area contributed by atoms with Crippen molar-refractivity contribution in [3.8, 4) is 0 Å². The number of allylic oxidation sites excluding steroid dienone is 1. The van der Waals surface area contributed by atoms with Crippen LogP contribution < -0.4 is 5.32 Å². The van der Waals surface area contributed by atoms with Crippen molar-refractivity contribution in [3.63, 3.8) is 0 Å². The third-order valence-electron chi connectivity index (χ3n) is 2.72. The lowest BCUT2D eigenvalue weighted by Gasteiger charge is -2.15. The summed E-state index contributed by atoms with van der Waals surface area (Å²) < 4.78 is 0. The highest BCUT2D eigenvalue weighted by atomic mass is 14.9. The van der Waals surface area contributed by atoms with Crippen molar-refractivity contribution in [1.82, 2.24) is 5.32 Å². The molecule has 1 fully saturated rings. The lowest BCUT2D eigenvalue weighted by Crippen LogP contribution is -2.29. The SMILES string of the molecule is CCC(CC1CC1)NCC=C(C)C. The van der Waals surface area contributed by atoms with Gasteiger partial charge in [-0.1, -0.05) is 31.4 Å². The fourth-order valence-corrected chi connectivity index (χ4v) is 1.58. The number of rotatable bonds is 6. The summed E-state index contributed by atoms with van der Waals surface area (Å²) in [7, 11) is 0. The summed E-state index contributed by atoms with van der Waals surface area (Å²) in [6, 6.07) is 0.753. The van der Waals surface area contributed by atoms with E-state index in [0.29, 0.717) is 0 Å². The zero-order chi connectivity index (χ0) is 9.68. The number of hydrogen-bond donors (Lipinski definition) is 1. The first-order chi connectivity index (χ1) is 6.22. The molecule has 76 valence electrons. The van der Waals surface area contributed by atoms with Gasteiger partial charge in [-0.3, -0.25) is 0 Å². The summed E-state index contributed by atoms with van der Waals surface area (Å²) >= 11 is 0. The van der Waals surface area contributed by atoms with E-state index in [9.17, 15) is 0 Å². The lowest BCUT2D eigenvalue weighted by molar-refractivity contribution is 0.465. The van der Waals surface area contributed by atoms with Crippen molar-refractivity contribution in [3.05, 3.63) is 11.6 Å². The van der Waals surface area contributed by atoms with Crippen molar-refractivity contribution in [2.24, 2.45) is 5.92 Å². The van der Waals surface area contributed by atoms with Crippen LogP contribution in [0.2, 0.25) is 0 Å². The van der Waals surface area contributed by atoms with Gasteiger partial charge in [-0.15, -0.1) is 0 Å². The molecule has 1 unspecified atom stereocenters. The lowest BCUT2D eigenvalue weighted by atomic mass is 10.1. The Morgan fingerprint density at radius 3 is 2.62 bits per heavy atom. The Balaban J connectivity index is 2.11. The van der Waals surface area contributed by atoms with Crippen molar-refractivity contribution in [2.75, 3.05) is 6.54 Å². The summed E-state index contributed by atoms with van der Waals surface area (Å²) in [6.45, 7) is 7.64. The molecule has 1 N–H and O–H groups in total. The normalized spacial score (nSPS) is 18.4. The summed E-state index contributed by atoms with van der Waals surface area (Å²) in [5, 5.41) is 3.60. The maximum Gasteiger partial charge on any atom is 0.0139 e. The average molecular weight is 181 g/mol. The maximum absolute atomic E-state index is 3.60. The Labute approximate surface area is 82.6 Å². The van der Waals surface area contributed by atoms with E-state index >= 15 is 0 Å². The van der Waals surface area contributed by atoms with E-state index in [2.05, 4.69) is 32.2 Å². The van der Waals surface area contributed by atoms with Crippen LogP contribution >= 0.6 is 0 Å². The highest BCUT2D eigenvalue weighted by Crippen LogP contribution is 2.33. The smallest absolute Gasteiger partial charge is 0.0139 e. The minimum atomic E-state index is 0.753. The molecule has 0 aliphatic heterocycles. The van der Waals surface area contributed by atoms with Crippen LogP contribution in [0, 0.1) is 5.92 Å². The highest BCUT2D eigenvalue weighted by Gasteiger charge is 2.24. The molecule has 0 saturated heterocycles. The third kappa shape index (κ3) is 5.09. The van der Waals surface area contributed by atoms with Gasteiger partial charge in [0.2, 0.25) is 0 Å². The van der Waals surface area contributed by atoms with Gasteiger partial charge in [-0.25, -0.2) is 0 Å². The van der Waals surface area contributed by atoms with Gasteiger partial charge in [0.25, 0.3) is 0 Å². The van der Waals surface area contributed by atoms with Crippen molar-refractivity contribution in [1.29, 1.82) is 0 Å². The monoisotopic (exact) mass is 181 g/mol. The predicted molar refractivity (Wildman–Crippen MR) is 58.9 cm³/mol. The minimum absolute atomic E-state index is 0.753. The molecule has 1 nitrogen and oxygen atoms in total. The Hall–Kier alpha value is -0.300. The van der Waals surface area contributed by atoms with Crippen LogP contribution in [-0.2, 0) is 0 Å². The zero-order valence-electron chi connectivity index (χ0n) is 9.27. The molecule has 13 heavy (non-hydrogen) atoms. The number of nitrogens with one attached hydrogen (secondary N) is 1. The fraction of sp³-hybridized carbons (Fsp3) is 0.833. The molecule has 0 aromatic heterocycles. The van der Waals surface area contributed by atoms with Gasteiger partial charge >= 0.3 is 0 Å². The van der Waals surface area contributed by atoms with Crippen molar-refractivity contribution in [2.45, 2.75) is 52.5 Å². The van der Waals surface area contributed by atoms with Gasteiger partial charge in [-0.05, 0) is 32.6 Å². The first-order valence-electron chi connectivity index (χ1n) is 5.59. The molecule has 1 atom stereocenters. The fourth-order valence-electron chi connectivity index (χ4n) is 1.58. The van der Waals surface area contributed by atoms with E-state index in [1.165, 1.54) is 31.3 Å². The van der Waals surface area contributed by atoms with Gasteiger partial charge < -0.3 is 5.32 Å². The first kappa shape index (κ1) is 10.8. The van der Waals surface area contributed by atoms with Crippen LogP contribution in [0.1, 0.15) is 46.5 Å². The summed E-state index contributed by atoms with van der Waals surface area (Å²) in [4.78, 5) is 0. The Morgan fingerprint density at radius 2 is 2.15 bits per heavy atom. The van der Waals surface area contributed by atoms with E-state index in [4.69, 9.17) is 0 Å². The molecule has 0 bridgehead atoms. The van der Waals surface area contributed by atoms with Crippen molar-refractivity contribution < 1.29 is 0 Å². The van der Waals surface area contributed by atoms with Crippen LogP contribution in [0.25, 0.3) is 0 Å². The predicted octanol–water partition coefficient (Wildman–Crippen LogP) is 3.12. The molecule has 1 aliphatic rings. The molecule has 0 heterocycles. The van der Waals surface area contributed by atoms with Gasteiger partial charge in [0.05, 0.1) is 0 Å². The summed E-state index contributed by atoms with van der Waals surface area (Å²) in [5.41, 5.74) is 1.41. The molecule has 0 aromatic carbocycles. The Kier molecular flexibility index (Phi) is 4.51. The molecule has 0 amide bonds. The minimum Gasteiger partial charge on any atom is -0.311 e. The molecule has 0 aromatic rings. The quantitative estimate of drug-likeness (QED) is 0.621. The van der Waals surface area contributed by atoms with Crippen LogP contribution in [0.15, 0.2) is 11.6 Å². The standard InChI is InChI=1S/C12H23N/c1-4-12(9-11-5-6-11)13-8-7-10(2)3/h7,11-13H,4-6,8-9H2,1-3H3. The largest absolute Gasteiger partial charge is 0.311 e. The second kappa shape index (κ2) is 5.43. The zero-order valence-corrected chi connectivity index (χ0v) is 9.27. The van der Waals surface area contributed by atoms with Gasteiger partial charge in [-0.2, -0.15) is 0 Å². The average Bonchev–Trinajstić information content (AvgIpc) is 2.86. The van der Waals surface area contributed by atoms with Crippen LogP contribution in [0.5, 0.6) is 0 Å². The van der Waals surface area contributed by atoms with E-state index in [-0.39, 0.29) is 0 Å². The van der Waals surface area contributed by atoms with E-state index in [0.717, 1.165) is 18.5 Å². The third-order valence-corrected chi connectivity index (χ3v) is 2.72. The van der Waals surface area contributed by atoms with E-state index in [1.807, 2.05) is 0 Å². The van der Waals surface area contributed by atoms with Gasteiger partial charge in [0, 0.05) is 12.6 Å². The molecular weight excluding hydrogens is 158 g/mol. The first-order valence-corrected chi connectivity index (χ1v) is 5.59. The van der Waals surface area contributed by atoms with E-state index < -0.39 is 0 Å². The summed E-state index contributed by atoms with van der Waals surface area (Å²) in [6.07, 6.45) is 7.89. The van der Waals surface area contributed by atoms with Crippen LogP contribution in [0.4, 0.5) is 0 Å². The molecule has 1 heteroatoms. The van der Waals surface area contributed by atoms with Gasteiger partial charge in [0.1, 0.15) is 0 Å². The highest BCUT2D eigenvalue weighted by molar-refractivity contribution is 4.95. The second-order valence-corrected chi connectivity index (χ2v) is 4.47. The molecule has 0 radical (unpaired) electrons. The Bertz CT molecular complexity index is 164. The molecule has 1 aliphatic carbocycles. The van der Waals surface area contributed by atoms with Crippen LogP contribution in [0.3, 0.4) is 0 Å². The maximum atomic E-state index is 3.60. The summed E-state index contributed by atoms with van der Waals surface area (Å²) in [5.74, 6) is 1.05. The van der Waals surface area contributed by atoms with E-state index in [1.54, 1.807) is 0 Å². The molecule has 1 rings (SSSR count). The van der Waals surface area contributed by atoms with Gasteiger partial charge in [0.15, 0.2) is 0 Å². The molecule has 0 spiro atoms. The van der Waals surface area contributed by atoms with Crippen LogP contribution in [-0.4, -0.2) is 12.6 Å². The molecular formula is C12H23N. The Morgan fingerprint density at radius 1 is 1.46 bits per heavy atom. The number of hydrogen-bond acceptors (Lipinski definition) is 1. The van der Waals surface area contributed by atoms with Crippen molar-refractivity contribution >= 4 is 0 Å². The second-order valence-electron chi connectivity index (χ2n) is 4.47. The topological polar surface area (TPSA) is 12.0 Å². The molecule has 1 saturated carbocycles.